The third-order valence-corrected chi connectivity index (χ3v) is 7.49. The molecule has 0 spiro atoms. The summed E-state index contributed by atoms with van der Waals surface area (Å²) in [5.74, 6) is 0. The van der Waals surface area contributed by atoms with E-state index in [2.05, 4.69) is 14.9 Å². The minimum atomic E-state index is -3.36. The van der Waals surface area contributed by atoms with Gasteiger partial charge in [-0.3, -0.25) is 0 Å². The molecule has 2 fully saturated rings. The lowest BCUT2D eigenvalue weighted by Crippen LogP contribution is -2.47. The Morgan fingerprint density at radius 3 is 3.00 bits per heavy atom. The van der Waals surface area contributed by atoms with E-state index in [1.165, 1.54) is 30.7 Å². The highest BCUT2D eigenvalue weighted by molar-refractivity contribution is 7.91. The van der Waals surface area contributed by atoms with Gasteiger partial charge in [0.05, 0.1) is 0 Å². The highest BCUT2D eigenvalue weighted by Crippen LogP contribution is 2.28. The van der Waals surface area contributed by atoms with Gasteiger partial charge in [0.15, 0.2) is 0 Å². The third-order valence-electron chi connectivity index (χ3n) is 4.40. The first-order chi connectivity index (χ1) is 10.1. The number of sulfonamides is 1. The molecule has 2 N–H and O–H groups in total. The fourth-order valence-corrected chi connectivity index (χ4v) is 6.05. The summed E-state index contributed by atoms with van der Waals surface area (Å²) in [6.07, 6.45) is 4.34. The van der Waals surface area contributed by atoms with Gasteiger partial charge in [0, 0.05) is 23.5 Å². The predicted octanol–water partition coefficient (Wildman–Crippen LogP) is 1.37. The Labute approximate surface area is 130 Å². The summed E-state index contributed by atoms with van der Waals surface area (Å²) in [7, 11) is -1.50. The summed E-state index contributed by atoms with van der Waals surface area (Å²) in [5, 5.41) is 3.05. The van der Waals surface area contributed by atoms with Crippen LogP contribution in [-0.2, 0) is 16.6 Å². The first kappa shape index (κ1) is 15.4. The molecular formula is C14H23N3O2S2. The first-order valence-corrected chi connectivity index (χ1v) is 9.88. The summed E-state index contributed by atoms with van der Waals surface area (Å²) in [4.78, 5) is 3.55. The van der Waals surface area contributed by atoms with Crippen molar-refractivity contribution in [3.05, 3.63) is 17.0 Å². The van der Waals surface area contributed by atoms with Gasteiger partial charge in [-0.25, -0.2) is 13.1 Å². The van der Waals surface area contributed by atoms with Crippen LogP contribution in [0.15, 0.2) is 16.3 Å². The second-order valence-electron chi connectivity index (χ2n) is 5.93. The Morgan fingerprint density at radius 1 is 1.33 bits per heavy atom. The number of hydrogen-bond acceptors (Lipinski definition) is 5. The molecule has 118 valence electrons. The molecule has 5 nitrogen and oxygen atoms in total. The molecule has 2 aliphatic rings. The molecule has 3 heterocycles. The number of fused-ring (bicyclic) bond motifs is 1. The van der Waals surface area contributed by atoms with Crippen molar-refractivity contribution in [2.45, 2.75) is 48.5 Å². The van der Waals surface area contributed by atoms with Crippen molar-refractivity contribution < 1.29 is 8.42 Å². The molecule has 1 aromatic heterocycles. The molecule has 21 heavy (non-hydrogen) atoms. The average Bonchev–Trinajstić information content (AvgIpc) is 3.07. The first-order valence-electron chi connectivity index (χ1n) is 7.58. The standard InChI is InChI=1S/C14H23N3O2S2/c1-15-10-13-4-5-14(20-13)21(18,19)16-11-6-8-17-7-2-3-12(17)9-11/h4-5,11-12,15-16H,2-3,6-10H2,1H3. The Kier molecular flexibility index (Phi) is 4.66. The van der Waals surface area contributed by atoms with E-state index < -0.39 is 10.0 Å². The van der Waals surface area contributed by atoms with E-state index in [0.29, 0.717) is 16.8 Å². The minimum absolute atomic E-state index is 0.0872. The van der Waals surface area contributed by atoms with Gasteiger partial charge in [-0.2, -0.15) is 0 Å². The number of rotatable bonds is 5. The van der Waals surface area contributed by atoms with Crippen LogP contribution in [0.25, 0.3) is 0 Å². The van der Waals surface area contributed by atoms with Crippen LogP contribution in [0.2, 0.25) is 0 Å². The third kappa shape index (κ3) is 3.48. The van der Waals surface area contributed by atoms with Crippen molar-refractivity contribution in [1.29, 1.82) is 0 Å². The lowest BCUT2D eigenvalue weighted by atomic mass is 9.99. The predicted molar refractivity (Wildman–Crippen MR) is 85.0 cm³/mol. The molecule has 0 bridgehead atoms. The van der Waals surface area contributed by atoms with E-state index >= 15 is 0 Å². The zero-order chi connectivity index (χ0) is 14.9. The number of nitrogens with one attached hydrogen (secondary N) is 2. The number of thiophene rings is 1. The molecule has 0 aromatic carbocycles. The van der Waals surface area contributed by atoms with E-state index in [0.717, 1.165) is 24.3 Å². The Morgan fingerprint density at radius 2 is 2.19 bits per heavy atom. The normalized spacial score (nSPS) is 26.9. The molecule has 2 saturated heterocycles. The summed E-state index contributed by atoms with van der Waals surface area (Å²) >= 11 is 1.35. The van der Waals surface area contributed by atoms with Gasteiger partial charge in [0.2, 0.25) is 10.0 Å². The zero-order valence-electron chi connectivity index (χ0n) is 12.3. The van der Waals surface area contributed by atoms with Crippen molar-refractivity contribution in [3.8, 4) is 0 Å². The van der Waals surface area contributed by atoms with Crippen molar-refractivity contribution in [2.75, 3.05) is 20.1 Å². The molecule has 1 aromatic rings. The lowest BCUT2D eigenvalue weighted by molar-refractivity contribution is 0.176. The Bertz CT molecular complexity index is 585. The molecule has 0 radical (unpaired) electrons. The molecule has 2 atom stereocenters. The van der Waals surface area contributed by atoms with Gasteiger partial charge < -0.3 is 10.2 Å². The highest BCUT2D eigenvalue weighted by Gasteiger charge is 2.33. The fourth-order valence-electron chi connectivity index (χ4n) is 3.38. The van der Waals surface area contributed by atoms with E-state index in [9.17, 15) is 8.42 Å². The van der Waals surface area contributed by atoms with Crippen LogP contribution in [0.4, 0.5) is 0 Å². The number of nitrogens with zero attached hydrogens (tertiary/aromatic N) is 1. The summed E-state index contributed by atoms with van der Waals surface area (Å²) in [6.45, 7) is 2.91. The van der Waals surface area contributed by atoms with Gasteiger partial charge in [-0.05, 0) is 58.0 Å². The lowest BCUT2D eigenvalue weighted by Gasteiger charge is -2.34. The Balaban J connectivity index is 1.65. The topological polar surface area (TPSA) is 61.4 Å². The number of hydrogen-bond donors (Lipinski definition) is 2. The zero-order valence-corrected chi connectivity index (χ0v) is 14.0. The molecule has 3 rings (SSSR count). The van der Waals surface area contributed by atoms with Gasteiger partial charge in [-0.1, -0.05) is 0 Å². The van der Waals surface area contributed by atoms with E-state index in [1.54, 1.807) is 6.07 Å². The van der Waals surface area contributed by atoms with Gasteiger partial charge in [0.25, 0.3) is 0 Å². The van der Waals surface area contributed by atoms with Crippen molar-refractivity contribution >= 4 is 21.4 Å². The molecule has 2 unspecified atom stereocenters. The van der Waals surface area contributed by atoms with Gasteiger partial charge >= 0.3 is 0 Å². The fraction of sp³-hybridized carbons (Fsp3) is 0.714. The molecule has 2 aliphatic heterocycles. The molecule has 0 saturated carbocycles. The van der Waals surface area contributed by atoms with Crippen molar-refractivity contribution in [2.24, 2.45) is 0 Å². The van der Waals surface area contributed by atoms with Crippen LogP contribution in [-0.4, -0.2) is 45.5 Å². The summed E-state index contributed by atoms with van der Waals surface area (Å²) in [6, 6.07) is 4.26. The minimum Gasteiger partial charge on any atom is -0.315 e. The summed E-state index contributed by atoms with van der Waals surface area (Å²) in [5.41, 5.74) is 0. The van der Waals surface area contributed by atoms with Crippen LogP contribution in [0.3, 0.4) is 0 Å². The molecule has 0 aliphatic carbocycles. The maximum atomic E-state index is 12.5. The Hall–Kier alpha value is -0.470. The second-order valence-corrected chi connectivity index (χ2v) is 9.03. The van der Waals surface area contributed by atoms with E-state index in [-0.39, 0.29) is 6.04 Å². The van der Waals surface area contributed by atoms with Gasteiger partial charge in [-0.15, -0.1) is 11.3 Å². The van der Waals surface area contributed by atoms with Crippen molar-refractivity contribution in [3.63, 3.8) is 0 Å². The smallest absolute Gasteiger partial charge is 0.250 e. The van der Waals surface area contributed by atoms with Crippen LogP contribution < -0.4 is 10.0 Å². The van der Waals surface area contributed by atoms with E-state index in [4.69, 9.17) is 0 Å². The average molecular weight is 329 g/mol. The second kappa shape index (κ2) is 6.34. The maximum absolute atomic E-state index is 12.5. The maximum Gasteiger partial charge on any atom is 0.250 e. The van der Waals surface area contributed by atoms with Gasteiger partial charge in [0.1, 0.15) is 4.21 Å². The monoisotopic (exact) mass is 329 g/mol. The summed E-state index contributed by atoms with van der Waals surface area (Å²) < 4.78 is 28.3. The van der Waals surface area contributed by atoms with Crippen LogP contribution >= 0.6 is 11.3 Å². The van der Waals surface area contributed by atoms with Crippen LogP contribution in [0, 0.1) is 0 Å². The van der Waals surface area contributed by atoms with Crippen molar-refractivity contribution in [1.82, 2.24) is 14.9 Å². The quantitative estimate of drug-likeness (QED) is 0.857. The van der Waals surface area contributed by atoms with E-state index in [1.807, 2.05) is 13.1 Å². The molecule has 7 heteroatoms. The highest BCUT2D eigenvalue weighted by atomic mass is 32.2. The molecular weight excluding hydrogens is 306 g/mol. The number of piperidine rings is 1. The van der Waals surface area contributed by atoms with Crippen LogP contribution in [0.5, 0.6) is 0 Å². The molecule has 0 amide bonds. The van der Waals surface area contributed by atoms with Crippen LogP contribution in [0.1, 0.15) is 30.6 Å². The largest absolute Gasteiger partial charge is 0.315 e. The SMILES string of the molecule is CNCc1ccc(S(=O)(=O)NC2CCN3CCCC3C2)s1.